The fraction of sp³-hybridized carbons (Fsp3) is 0.500. The lowest BCUT2D eigenvalue weighted by molar-refractivity contribution is -0.142. The van der Waals surface area contributed by atoms with Gasteiger partial charge in [0.25, 0.3) is 0 Å². The molecule has 2 heterocycles. The molecule has 29 heavy (non-hydrogen) atoms. The molecule has 2 N–H and O–H groups in total. The summed E-state index contributed by atoms with van der Waals surface area (Å²) in [6.45, 7) is 2.51. The number of methoxy groups -OCH3 is 3. The van der Waals surface area contributed by atoms with Crippen molar-refractivity contribution < 1.29 is 33.3 Å². The Morgan fingerprint density at radius 1 is 1.17 bits per heavy atom. The quantitative estimate of drug-likeness (QED) is 0.668. The van der Waals surface area contributed by atoms with Crippen LogP contribution in [-0.4, -0.2) is 52.6 Å². The van der Waals surface area contributed by atoms with Crippen LogP contribution in [0.1, 0.15) is 31.4 Å². The number of esters is 1. The van der Waals surface area contributed by atoms with Crippen molar-refractivity contribution in [1.82, 2.24) is 10.6 Å². The van der Waals surface area contributed by atoms with Crippen LogP contribution in [0.25, 0.3) is 0 Å². The van der Waals surface area contributed by atoms with Crippen LogP contribution in [0, 0.1) is 0 Å². The Labute approximate surface area is 169 Å². The van der Waals surface area contributed by atoms with Crippen LogP contribution >= 0.6 is 0 Å². The molecule has 1 fully saturated rings. The molecule has 1 saturated heterocycles. The molecule has 3 rings (SSSR count). The number of nitrogens with one attached hydrogen (secondary N) is 2. The van der Waals surface area contributed by atoms with E-state index in [1.165, 1.54) is 21.3 Å². The standard InChI is InChI=1S/C20H26N2O7/c1-11-16(19(23)29-10-13-6-5-7-28-13)17(22-20(24)21-11)12-8-14(25-2)18(27-4)15(9-12)26-3/h8-9,13,17H,5-7,10H2,1-4H3,(H2,21,22,24)/t13-,17-/m1/s1. The third kappa shape index (κ3) is 4.40. The van der Waals surface area contributed by atoms with Gasteiger partial charge in [0.15, 0.2) is 11.5 Å². The van der Waals surface area contributed by atoms with E-state index in [-0.39, 0.29) is 12.7 Å². The lowest BCUT2D eigenvalue weighted by Crippen LogP contribution is -2.45. The molecule has 0 aliphatic carbocycles. The van der Waals surface area contributed by atoms with Gasteiger partial charge in [-0.05, 0) is 37.5 Å². The second-order valence-electron chi connectivity index (χ2n) is 6.76. The normalized spacial score (nSPS) is 21.3. The van der Waals surface area contributed by atoms with Crippen molar-refractivity contribution in [3.8, 4) is 17.2 Å². The molecule has 158 valence electrons. The number of ether oxygens (including phenoxy) is 5. The fourth-order valence-electron chi connectivity index (χ4n) is 3.50. The minimum absolute atomic E-state index is 0.0920. The van der Waals surface area contributed by atoms with E-state index in [0.717, 1.165) is 12.8 Å². The predicted octanol–water partition coefficient (Wildman–Crippen LogP) is 2.06. The molecule has 0 bridgehead atoms. The minimum Gasteiger partial charge on any atom is -0.493 e. The van der Waals surface area contributed by atoms with E-state index in [1.807, 2.05) is 0 Å². The molecule has 0 aromatic heterocycles. The van der Waals surface area contributed by atoms with Gasteiger partial charge < -0.3 is 34.3 Å². The Hall–Kier alpha value is -2.94. The summed E-state index contributed by atoms with van der Waals surface area (Å²) in [5, 5.41) is 5.40. The van der Waals surface area contributed by atoms with Crippen molar-refractivity contribution in [3.05, 3.63) is 29.0 Å². The number of benzene rings is 1. The van der Waals surface area contributed by atoms with Gasteiger partial charge in [0.2, 0.25) is 5.75 Å². The zero-order valence-electron chi connectivity index (χ0n) is 17.0. The minimum atomic E-state index is -0.741. The monoisotopic (exact) mass is 406 g/mol. The van der Waals surface area contributed by atoms with Crippen molar-refractivity contribution in [1.29, 1.82) is 0 Å². The van der Waals surface area contributed by atoms with Gasteiger partial charge in [-0.1, -0.05) is 0 Å². The molecule has 0 saturated carbocycles. The molecule has 2 amide bonds. The highest BCUT2D eigenvalue weighted by Gasteiger charge is 2.34. The zero-order valence-corrected chi connectivity index (χ0v) is 17.0. The van der Waals surface area contributed by atoms with Gasteiger partial charge >= 0.3 is 12.0 Å². The molecule has 1 aromatic rings. The van der Waals surface area contributed by atoms with Gasteiger partial charge in [-0.3, -0.25) is 0 Å². The number of amides is 2. The van der Waals surface area contributed by atoms with E-state index in [0.29, 0.717) is 40.7 Å². The highest BCUT2D eigenvalue weighted by atomic mass is 16.6. The Kier molecular flexibility index (Phi) is 6.48. The molecule has 2 aliphatic heterocycles. The average Bonchev–Trinajstić information content (AvgIpc) is 3.23. The molecule has 0 spiro atoms. The number of carbonyl (C=O) groups excluding carboxylic acids is 2. The summed E-state index contributed by atoms with van der Waals surface area (Å²) in [4.78, 5) is 25.0. The summed E-state index contributed by atoms with van der Waals surface area (Å²) in [5.41, 5.74) is 1.32. The van der Waals surface area contributed by atoms with Gasteiger partial charge in [-0.25, -0.2) is 9.59 Å². The Morgan fingerprint density at radius 3 is 2.41 bits per heavy atom. The van der Waals surface area contributed by atoms with Crippen LogP contribution in [0.5, 0.6) is 17.2 Å². The summed E-state index contributed by atoms with van der Waals surface area (Å²) in [6.07, 6.45) is 1.72. The van der Waals surface area contributed by atoms with Crippen LogP contribution in [0.3, 0.4) is 0 Å². The van der Waals surface area contributed by atoms with Crippen molar-refractivity contribution in [2.45, 2.75) is 31.9 Å². The Bertz CT molecular complexity index is 790. The molecule has 1 aromatic carbocycles. The van der Waals surface area contributed by atoms with E-state index in [1.54, 1.807) is 19.1 Å². The predicted molar refractivity (Wildman–Crippen MR) is 103 cm³/mol. The van der Waals surface area contributed by atoms with Crippen LogP contribution in [-0.2, 0) is 14.3 Å². The summed E-state index contributed by atoms with van der Waals surface area (Å²) in [5.74, 6) is 0.727. The van der Waals surface area contributed by atoms with Crippen molar-refractivity contribution in [2.24, 2.45) is 0 Å². The average molecular weight is 406 g/mol. The van der Waals surface area contributed by atoms with Gasteiger partial charge in [0, 0.05) is 12.3 Å². The van der Waals surface area contributed by atoms with Crippen molar-refractivity contribution in [2.75, 3.05) is 34.5 Å². The summed E-state index contributed by atoms with van der Waals surface area (Å²) < 4.78 is 27.1. The Balaban J connectivity index is 1.93. The first-order chi connectivity index (χ1) is 14.0. The SMILES string of the molecule is COc1cc([C@H]2NC(=O)NC(C)=C2C(=O)OC[C@H]2CCCO2)cc(OC)c1OC. The van der Waals surface area contributed by atoms with Crippen LogP contribution in [0.15, 0.2) is 23.4 Å². The molecule has 0 radical (unpaired) electrons. The van der Waals surface area contributed by atoms with Gasteiger partial charge in [0.1, 0.15) is 6.61 Å². The van der Waals surface area contributed by atoms with Gasteiger partial charge in [0.05, 0.1) is 39.0 Å². The number of rotatable bonds is 7. The third-order valence-electron chi connectivity index (χ3n) is 4.93. The van der Waals surface area contributed by atoms with Gasteiger partial charge in [-0.15, -0.1) is 0 Å². The zero-order chi connectivity index (χ0) is 21.0. The maximum absolute atomic E-state index is 12.9. The van der Waals surface area contributed by atoms with E-state index < -0.39 is 18.0 Å². The maximum atomic E-state index is 12.9. The summed E-state index contributed by atoms with van der Waals surface area (Å²) in [7, 11) is 4.50. The lowest BCUT2D eigenvalue weighted by Gasteiger charge is -2.29. The lowest BCUT2D eigenvalue weighted by atomic mass is 9.95. The first kappa shape index (κ1) is 20.8. The summed E-state index contributed by atoms with van der Waals surface area (Å²) >= 11 is 0. The number of allylic oxidation sites excluding steroid dienone is 1. The van der Waals surface area contributed by atoms with Crippen LogP contribution in [0.2, 0.25) is 0 Å². The van der Waals surface area contributed by atoms with Crippen molar-refractivity contribution in [3.63, 3.8) is 0 Å². The summed E-state index contributed by atoms with van der Waals surface area (Å²) in [6, 6.07) is 2.22. The molecule has 9 heteroatoms. The highest BCUT2D eigenvalue weighted by molar-refractivity contribution is 5.95. The smallest absolute Gasteiger partial charge is 0.338 e. The molecular weight excluding hydrogens is 380 g/mol. The molecule has 9 nitrogen and oxygen atoms in total. The second-order valence-corrected chi connectivity index (χ2v) is 6.76. The first-order valence-corrected chi connectivity index (χ1v) is 9.35. The topological polar surface area (TPSA) is 104 Å². The van der Waals surface area contributed by atoms with Crippen molar-refractivity contribution >= 4 is 12.0 Å². The molecule has 2 aliphatic rings. The third-order valence-corrected chi connectivity index (χ3v) is 4.93. The molecule has 0 unspecified atom stereocenters. The van der Waals surface area contributed by atoms with Crippen LogP contribution in [0.4, 0.5) is 4.79 Å². The number of carbonyl (C=O) groups is 2. The van der Waals surface area contributed by atoms with Gasteiger partial charge in [-0.2, -0.15) is 0 Å². The largest absolute Gasteiger partial charge is 0.493 e. The second kappa shape index (κ2) is 9.04. The van der Waals surface area contributed by atoms with E-state index in [2.05, 4.69) is 10.6 Å². The highest BCUT2D eigenvalue weighted by Crippen LogP contribution is 2.41. The van der Waals surface area contributed by atoms with Crippen LogP contribution < -0.4 is 24.8 Å². The number of hydrogen-bond acceptors (Lipinski definition) is 7. The van der Waals surface area contributed by atoms with E-state index in [4.69, 9.17) is 23.7 Å². The number of urea groups is 1. The maximum Gasteiger partial charge on any atom is 0.338 e. The number of hydrogen-bond donors (Lipinski definition) is 2. The van der Waals surface area contributed by atoms with E-state index >= 15 is 0 Å². The molecule has 2 atom stereocenters. The first-order valence-electron chi connectivity index (χ1n) is 9.35. The fourth-order valence-corrected chi connectivity index (χ4v) is 3.50. The molecular formula is C20H26N2O7. The van der Waals surface area contributed by atoms with E-state index in [9.17, 15) is 9.59 Å². The Morgan fingerprint density at radius 2 is 1.86 bits per heavy atom.